The van der Waals surface area contributed by atoms with E-state index in [2.05, 4.69) is 0 Å². The van der Waals surface area contributed by atoms with Crippen molar-refractivity contribution in [1.82, 2.24) is 0 Å². The molecule has 122 valence electrons. The fraction of sp³-hybridized carbons (Fsp3) is 0.500. The van der Waals surface area contributed by atoms with Crippen LogP contribution in [0.4, 0.5) is 0 Å². The van der Waals surface area contributed by atoms with Crippen molar-refractivity contribution in [1.29, 1.82) is 0 Å². The van der Waals surface area contributed by atoms with Crippen LogP contribution in [0.1, 0.15) is 55.8 Å². The molecule has 0 aromatic heterocycles. The van der Waals surface area contributed by atoms with Crippen molar-refractivity contribution in [2.24, 2.45) is 5.92 Å². The van der Waals surface area contributed by atoms with Crippen LogP contribution in [0.3, 0.4) is 0 Å². The lowest BCUT2D eigenvalue weighted by Gasteiger charge is -2.21. The van der Waals surface area contributed by atoms with E-state index in [1.165, 1.54) is 26.2 Å². The molecule has 0 unspecified atom stereocenters. The highest BCUT2D eigenvalue weighted by Crippen LogP contribution is 2.27. The number of ketones is 2. The number of Topliss-reactive ketones (excluding diaryl/α,β-unsaturated/α-hetero) is 2. The number of hydrogen-bond acceptors (Lipinski definition) is 4. The second kappa shape index (κ2) is 8.66. The maximum atomic E-state index is 12.3. The van der Waals surface area contributed by atoms with Crippen molar-refractivity contribution in [2.75, 3.05) is 0 Å². The van der Waals surface area contributed by atoms with Gasteiger partial charge in [-0.05, 0) is 18.3 Å². The van der Waals surface area contributed by atoms with Gasteiger partial charge in [0.15, 0.2) is 5.78 Å². The van der Waals surface area contributed by atoms with E-state index < -0.39 is 6.92 Å². The second-order valence-electron chi connectivity index (χ2n) is 6.35. The van der Waals surface area contributed by atoms with Crippen molar-refractivity contribution >= 4 is 30.4 Å². The molecule has 0 aliphatic heterocycles. The van der Waals surface area contributed by atoms with Crippen LogP contribution in [0, 0.1) is 5.92 Å². The maximum absolute atomic E-state index is 12.3. The lowest BCUT2D eigenvalue weighted by molar-refractivity contribution is -0.121. The molecule has 0 spiro atoms. The van der Waals surface area contributed by atoms with Gasteiger partial charge in [-0.15, -0.1) is 0 Å². The number of benzene rings is 1. The second-order valence-corrected chi connectivity index (χ2v) is 6.35. The zero-order chi connectivity index (χ0) is 16.7. The van der Waals surface area contributed by atoms with Gasteiger partial charge in [-0.1, -0.05) is 56.4 Å². The highest BCUT2D eigenvalue weighted by molar-refractivity contribution is 6.71. The third kappa shape index (κ3) is 5.34. The zero-order valence-electron chi connectivity index (χ0n) is 13.6. The molecule has 0 N–H and O–H groups in total. The summed E-state index contributed by atoms with van der Waals surface area (Å²) in [5.74, 6) is 0.602. The molecule has 0 amide bonds. The van der Waals surface area contributed by atoms with Crippen LogP contribution in [-0.4, -0.2) is 25.0 Å². The highest BCUT2D eigenvalue weighted by atomic mass is 16.5. The average molecular weight is 314 g/mol. The van der Waals surface area contributed by atoms with E-state index in [0.717, 1.165) is 18.3 Å². The summed E-state index contributed by atoms with van der Waals surface area (Å²) in [5, 5.41) is 0. The van der Waals surface area contributed by atoms with Crippen molar-refractivity contribution in [3.05, 3.63) is 29.8 Å². The first-order chi connectivity index (χ1) is 11.1. The largest absolute Gasteiger partial charge is 0.533 e. The number of carbonyl (C=O) groups is 3. The Morgan fingerprint density at radius 1 is 1.17 bits per heavy atom. The Bertz CT molecular complexity index is 547. The molecular weight excluding hydrogens is 291 g/mol. The molecule has 1 fully saturated rings. The molecule has 0 radical (unpaired) electrons. The summed E-state index contributed by atoms with van der Waals surface area (Å²) in [5.41, 5.74) is 1.35. The van der Waals surface area contributed by atoms with Gasteiger partial charge in [0.1, 0.15) is 5.78 Å². The third-order valence-electron chi connectivity index (χ3n) is 4.56. The van der Waals surface area contributed by atoms with Crippen LogP contribution in [-0.2, 0) is 14.2 Å². The predicted octanol–water partition coefficient (Wildman–Crippen LogP) is 2.80. The fourth-order valence-electron chi connectivity index (χ4n) is 3.25. The Hall–Kier alpha value is -1.91. The van der Waals surface area contributed by atoms with E-state index in [4.69, 9.17) is 4.65 Å². The molecule has 23 heavy (non-hydrogen) atoms. The highest BCUT2D eigenvalue weighted by Gasteiger charge is 2.26. The first kappa shape index (κ1) is 17.4. The van der Waals surface area contributed by atoms with Crippen LogP contribution < -0.4 is 5.46 Å². The Labute approximate surface area is 137 Å². The molecule has 5 heteroatoms. The molecule has 0 atom stereocenters. The summed E-state index contributed by atoms with van der Waals surface area (Å²) in [6, 6.07) is 6.90. The summed E-state index contributed by atoms with van der Waals surface area (Å²) < 4.78 is 5.10. The van der Waals surface area contributed by atoms with Gasteiger partial charge >= 0.3 is 6.92 Å². The van der Waals surface area contributed by atoms with E-state index >= 15 is 0 Å². The van der Waals surface area contributed by atoms with Gasteiger partial charge in [0.2, 0.25) is 0 Å². The lowest BCUT2D eigenvalue weighted by Crippen LogP contribution is -2.35. The van der Waals surface area contributed by atoms with Gasteiger partial charge in [0.05, 0.1) is 0 Å². The minimum atomic E-state index is -0.565. The molecule has 0 heterocycles. The summed E-state index contributed by atoms with van der Waals surface area (Å²) in [6.07, 6.45) is 6.71. The van der Waals surface area contributed by atoms with E-state index in [-0.39, 0.29) is 17.9 Å². The SMILES string of the molecule is CC(=O)c1ccc(B(CC(=O)CC2CCCCC2)OC=O)cc1. The standard InChI is InChI=1S/C18H23BO4/c1-14(21)16-7-9-17(10-8-16)19(23-13-20)12-18(22)11-15-5-3-2-4-6-15/h7-10,13,15H,2-6,11-12H2,1H3. The molecule has 0 saturated heterocycles. The summed E-state index contributed by atoms with van der Waals surface area (Å²) in [4.78, 5) is 34.4. The summed E-state index contributed by atoms with van der Waals surface area (Å²) in [7, 11) is 0. The lowest BCUT2D eigenvalue weighted by atomic mass is 9.56. The minimum absolute atomic E-state index is 0.0159. The van der Waals surface area contributed by atoms with Crippen LogP contribution in [0.25, 0.3) is 0 Å². The van der Waals surface area contributed by atoms with Gasteiger partial charge < -0.3 is 9.45 Å². The molecule has 2 rings (SSSR count). The molecule has 1 aliphatic rings. The normalized spacial score (nSPS) is 15.0. The first-order valence-electron chi connectivity index (χ1n) is 8.32. The van der Waals surface area contributed by atoms with Gasteiger partial charge in [0, 0.05) is 18.3 Å². The van der Waals surface area contributed by atoms with Crippen LogP contribution in [0.5, 0.6) is 0 Å². The Morgan fingerprint density at radius 2 is 1.83 bits per heavy atom. The number of carbonyl (C=O) groups excluding carboxylic acids is 3. The molecule has 1 saturated carbocycles. The van der Waals surface area contributed by atoms with Crippen molar-refractivity contribution in [3.63, 3.8) is 0 Å². The van der Waals surface area contributed by atoms with Gasteiger partial charge in [-0.3, -0.25) is 9.59 Å². The van der Waals surface area contributed by atoms with Crippen LogP contribution in [0.2, 0.25) is 6.32 Å². The average Bonchev–Trinajstić information content (AvgIpc) is 2.55. The quantitative estimate of drug-likeness (QED) is 0.420. The zero-order valence-corrected chi connectivity index (χ0v) is 13.6. The van der Waals surface area contributed by atoms with E-state index in [1.807, 2.05) is 0 Å². The Morgan fingerprint density at radius 3 is 2.39 bits per heavy atom. The summed E-state index contributed by atoms with van der Waals surface area (Å²) in [6.45, 7) is 1.32. The van der Waals surface area contributed by atoms with Crippen LogP contribution >= 0.6 is 0 Å². The molecule has 0 bridgehead atoms. The molecule has 1 aromatic carbocycles. The fourth-order valence-corrected chi connectivity index (χ4v) is 3.25. The minimum Gasteiger partial charge on any atom is -0.533 e. The van der Waals surface area contributed by atoms with E-state index in [0.29, 0.717) is 24.4 Å². The van der Waals surface area contributed by atoms with E-state index in [1.54, 1.807) is 24.3 Å². The molecule has 1 aromatic rings. The van der Waals surface area contributed by atoms with Gasteiger partial charge in [-0.2, -0.15) is 0 Å². The summed E-state index contributed by atoms with van der Waals surface area (Å²) >= 11 is 0. The third-order valence-corrected chi connectivity index (χ3v) is 4.56. The topological polar surface area (TPSA) is 60.4 Å². The Balaban J connectivity index is 1.98. The predicted molar refractivity (Wildman–Crippen MR) is 90.0 cm³/mol. The van der Waals surface area contributed by atoms with Crippen molar-refractivity contribution in [2.45, 2.75) is 51.8 Å². The first-order valence-corrected chi connectivity index (χ1v) is 8.32. The number of rotatable bonds is 8. The molecule has 4 nitrogen and oxygen atoms in total. The molecular formula is C18H23BO4. The van der Waals surface area contributed by atoms with E-state index in [9.17, 15) is 14.4 Å². The van der Waals surface area contributed by atoms with Crippen molar-refractivity contribution < 1.29 is 19.0 Å². The monoisotopic (exact) mass is 314 g/mol. The Kier molecular flexibility index (Phi) is 6.57. The maximum Gasteiger partial charge on any atom is 0.402 e. The molecule has 1 aliphatic carbocycles. The van der Waals surface area contributed by atoms with Crippen molar-refractivity contribution in [3.8, 4) is 0 Å². The van der Waals surface area contributed by atoms with Gasteiger partial charge in [0.25, 0.3) is 6.47 Å². The van der Waals surface area contributed by atoms with Crippen LogP contribution in [0.15, 0.2) is 24.3 Å². The number of hydrogen-bond donors (Lipinski definition) is 0. The van der Waals surface area contributed by atoms with Gasteiger partial charge in [-0.25, -0.2) is 0 Å². The smallest absolute Gasteiger partial charge is 0.402 e.